The predicted octanol–water partition coefficient (Wildman–Crippen LogP) is 5.24. The number of carbonyl (C=O) groups is 2. The molecule has 0 aliphatic carbocycles. The number of piperidine rings is 1. The molecule has 1 aliphatic heterocycles. The number of amides is 2. The lowest BCUT2D eigenvalue weighted by Crippen LogP contribution is -2.49. The molecule has 2 amide bonds. The number of likely N-dealkylation sites (tertiary alicyclic amines) is 1. The zero-order valence-corrected chi connectivity index (χ0v) is 18.2. The van der Waals surface area contributed by atoms with Crippen molar-refractivity contribution in [1.29, 1.82) is 0 Å². The van der Waals surface area contributed by atoms with Gasteiger partial charge >= 0.3 is 0 Å². The van der Waals surface area contributed by atoms with Crippen LogP contribution in [-0.2, 0) is 0 Å². The van der Waals surface area contributed by atoms with Gasteiger partial charge in [0.25, 0.3) is 11.8 Å². The van der Waals surface area contributed by atoms with Crippen LogP contribution >= 0.6 is 0 Å². The van der Waals surface area contributed by atoms with Crippen LogP contribution in [0.15, 0.2) is 71.1 Å². The van der Waals surface area contributed by atoms with Gasteiger partial charge in [-0.05, 0) is 67.8 Å². The Hall–Kier alpha value is -3.41. The molecule has 0 saturated carbocycles. The molecular formula is C26H27FN2O3. The smallest absolute Gasteiger partial charge is 0.289 e. The van der Waals surface area contributed by atoms with Crippen molar-refractivity contribution in [2.45, 2.75) is 32.2 Å². The first-order chi connectivity index (χ1) is 15.6. The Kier molecular flexibility index (Phi) is 6.69. The second-order valence-electron chi connectivity index (χ2n) is 8.06. The van der Waals surface area contributed by atoms with Crippen molar-refractivity contribution < 1.29 is 18.4 Å². The highest BCUT2D eigenvalue weighted by Crippen LogP contribution is 2.26. The van der Waals surface area contributed by atoms with Crippen LogP contribution < -0.4 is 0 Å². The number of halogens is 1. The van der Waals surface area contributed by atoms with Gasteiger partial charge < -0.3 is 14.2 Å². The first kappa shape index (κ1) is 21.8. The van der Waals surface area contributed by atoms with Crippen molar-refractivity contribution in [3.05, 3.63) is 83.9 Å². The third kappa shape index (κ3) is 4.74. The molecule has 32 heavy (non-hydrogen) atoms. The minimum atomic E-state index is -0.317. The fourth-order valence-electron chi connectivity index (χ4n) is 4.20. The highest BCUT2D eigenvalue weighted by atomic mass is 19.1. The second-order valence-corrected chi connectivity index (χ2v) is 8.06. The van der Waals surface area contributed by atoms with E-state index in [4.69, 9.17) is 4.42 Å². The van der Waals surface area contributed by atoms with Crippen molar-refractivity contribution in [3.63, 3.8) is 0 Å². The van der Waals surface area contributed by atoms with E-state index in [-0.39, 0.29) is 29.4 Å². The summed E-state index contributed by atoms with van der Waals surface area (Å²) in [7, 11) is 0. The second kappa shape index (κ2) is 9.81. The number of nitrogens with zero attached hydrogens (tertiary/aromatic N) is 2. The number of hydrogen-bond acceptors (Lipinski definition) is 3. The normalized spacial score (nSPS) is 14.4. The van der Waals surface area contributed by atoms with E-state index in [1.165, 1.54) is 12.1 Å². The lowest BCUT2D eigenvalue weighted by atomic mass is 10.0. The standard InChI is InChI=1S/C26H27FN2O3/c1-2-16-29(22-14-17-28(18-15-22)25(30)20-6-4-3-5-7-20)26(31)24-13-12-23(32-24)19-8-10-21(27)11-9-19/h3-13,22H,2,14-18H2,1H3. The predicted molar refractivity (Wildman–Crippen MR) is 121 cm³/mol. The molecule has 0 N–H and O–H groups in total. The fourth-order valence-corrected chi connectivity index (χ4v) is 4.20. The minimum absolute atomic E-state index is 0.0346. The topological polar surface area (TPSA) is 53.8 Å². The first-order valence-electron chi connectivity index (χ1n) is 11.1. The van der Waals surface area contributed by atoms with Crippen molar-refractivity contribution in [1.82, 2.24) is 9.80 Å². The Morgan fingerprint density at radius 3 is 2.34 bits per heavy atom. The van der Waals surface area contributed by atoms with Crippen LogP contribution in [0.3, 0.4) is 0 Å². The molecule has 1 aliphatic rings. The van der Waals surface area contributed by atoms with Gasteiger partial charge in [0.1, 0.15) is 11.6 Å². The molecule has 1 aromatic heterocycles. The van der Waals surface area contributed by atoms with Gasteiger partial charge in [-0.15, -0.1) is 0 Å². The SMILES string of the molecule is CCCN(C(=O)c1ccc(-c2ccc(F)cc2)o1)C1CCN(C(=O)c2ccccc2)CC1. The van der Waals surface area contributed by atoms with Crippen molar-refractivity contribution in [2.75, 3.05) is 19.6 Å². The summed E-state index contributed by atoms with van der Waals surface area (Å²) >= 11 is 0. The van der Waals surface area contributed by atoms with Gasteiger partial charge in [0.15, 0.2) is 5.76 Å². The Labute approximate surface area is 187 Å². The molecule has 2 heterocycles. The van der Waals surface area contributed by atoms with Gasteiger partial charge in [-0.2, -0.15) is 0 Å². The average Bonchev–Trinajstić information content (AvgIpc) is 3.33. The van der Waals surface area contributed by atoms with Crippen LogP contribution in [0.5, 0.6) is 0 Å². The zero-order valence-electron chi connectivity index (χ0n) is 18.2. The highest BCUT2D eigenvalue weighted by molar-refractivity contribution is 5.94. The summed E-state index contributed by atoms with van der Waals surface area (Å²) in [4.78, 5) is 29.7. The van der Waals surface area contributed by atoms with Crippen LogP contribution in [0.4, 0.5) is 4.39 Å². The van der Waals surface area contributed by atoms with Gasteiger partial charge in [-0.1, -0.05) is 25.1 Å². The van der Waals surface area contributed by atoms with E-state index in [1.807, 2.05) is 47.1 Å². The monoisotopic (exact) mass is 434 g/mol. The quantitative estimate of drug-likeness (QED) is 0.533. The Balaban J connectivity index is 1.43. The Bertz CT molecular complexity index is 1050. The molecule has 1 saturated heterocycles. The van der Waals surface area contributed by atoms with Crippen molar-refractivity contribution in [2.24, 2.45) is 0 Å². The molecular weight excluding hydrogens is 407 g/mol. The molecule has 5 nitrogen and oxygen atoms in total. The minimum Gasteiger partial charge on any atom is -0.451 e. The third-order valence-electron chi connectivity index (χ3n) is 5.88. The summed E-state index contributed by atoms with van der Waals surface area (Å²) in [6.07, 6.45) is 2.30. The maximum Gasteiger partial charge on any atom is 0.289 e. The van der Waals surface area contributed by atoms with E-state index < -0.39 is 0 Å². The van der Waals surface area contributed by atoms with E-state index in [1.54, 1.807) is 24.3 Å². The third-order valence-corrected chi connectivity index (χ3v) is 5.88. The maximum atomic E-state index is 13.3. The molecule has 1 fully saturated rings. The summed E-state index contributed by atoms with van der Waals surface area (Å²) in [5.41, 5.74) is 1.41. The van der Waals surface area contributed by atoms with Gasteiger partial charge in [0, 0.05) is 36.8 Å². The maximum absolute atomic E-state index is 13.3. The molecule has 3 aromatic rings. The Morgan fingerprint density at radius 1 is 1.00 bits per heavy atom. The van der Waals surface area contributed by atoms with Gasteiger partial charge in [0.2, 0.25) is 0 Å². The van der Waals surface area contributed by atoms with E-state index in [2.05, 4.69) is 0 Å². The van der Waals surface area contributed by atoms with Gasteiger partial charge in [-0.25, -0.2) is 4.39 Å². The fraction of sp³-hybridized carbons (Fsp3) is 0.308. The lowest BCUT2D eigenvalue weighted by molar-refractivity contribution is 0.0499. The number of rotatable bonds is 6. The number of furan rings is 1. The molecule has 0 bridgehead atoms. The molecule has 2 aromatic carbocycles. The largest absolute Gasteiger partial charge is 0.451 e. The molecule has 0 radical (unpaired) electrons. The van der Waals surface area contributed by atoms with E-state index in [9.17, 15) is 14.0 Å². The molecule has 4 rings (SSSR count). The Morgan fingerprint density at radius 2 is 1.69 bits per heavy atom. The van der Waals surface area contributed by atoms with Crippen LogP contribution in [0.1, 0.15) is 47.1 Å². The van der Waals surface area contributed by atoms with Crippen LogP contribution in [0, 0.1) is 5.82 Å². The molecule has 0 unspecified atom stereocenters. The van der Waals surface area contributed by atoms with Gasteiger partial charge in [0.05, 0.1) is 0 Å². The van der Waals surface area contributed by atoms with E-state index in [0.29, 0.717) is 31.0 Å². The summed E-state index contributed by atoms with van der Waals surface area (Å²) in [6.45, 7) is 3.90. The number of benzene rings is 2. The van der Waals surface area contributed by atoms with Crippen molar-refractivity contribution >= 4 is 11.8 Å². The van der Waals surface area contributed by atoms with E-state index >= 15 is 0 Å². The lowest BCUT2D eigenvalue weighted by Gasteiger charge is -2.38. The summed E-state index contributed by atoms with van der Waals surface area (Å²) < 4.78 is 19.0. The molecule has 0 atom stereocenters. The van der Waals surface area contributed by atoms with Crippen LogP contribution in [0.25, 0.3) is 11.3 Å². The summed E-state index contributed by atoms with van der Waals surface area (Å²) in [6, 6.07) is 18.8. The zero-order chi connectivity index (χ0) is 22.5. The molecule has 6 heteroatoms. The summed E-state index contributed by atoms with van der Waals surface area (Å²) in [5, 5.41) is 0. The summed E-state index contributed by atoms with van der Waals surface area (Å²) in [5.74, 6) is 0.386. The van der Waals surface area contributed by atoms with E-state index in [0.717, 1.165) is 24.8 Å². The number of carbonyl (C=O) groups excluding carboxylic acids is 2. The molecule has 166 valence electrons. The molecule has 0 spiro atoms. The average molecular weight is 435 g/mol. The first-order valence-corrected chi connectivity index (χ1v) is 11.1. The van der Waals surface area contributed by atoms with Crippen molar-refractivity contribution in [3.8, 4) is 11.3 Å². The van der Waals surface area contributed by atoms with Crippen LogP contribution in [-0.4, -0.2) is 47.3 Å². The van der Waals surface area contributed by atoms with Gasteiger partial charge in [-0.3, -0.25) is 9.59 Å². The highest BCUT2D eigenvalue weighted by Gasteiger charge is 2.31. The van der Waals surface area contributed by atoms with Crippen LogP contribution in [0.2, 0.25) is 0 Å². The number of hydrogen-bond donors (Lipinski definition) is 0.